The molecular weight excluding hydrogens is 364 g/mol. The zero-order chi connectivity index (χ0) is 13.3. The lowest BCUT2D eigenvalue weighted by molar-refractivity contribution is 0.288. The van der Waals surface area contributed by atoms with Crippen LogP contribution in [0.2, 0.25) is 0 Å². The number of alkyl halides is 4. The van der Waals surface area contributed by atoms with Gasteiger partial charge in [0.15, 0.2) is 0 Å². The molecule has 10 heteroatoms. The van der Waals surface area contributed by atoms with Crippen LogP contribution in [0.25, 0.3) is 0 Å². The zero-order valence-corrected chi connectivity index (χ0v) is 14.5. The molecule has 0 unspecified atom stereocenters. The molecule has 0 spiro atoms. The van der Waals surface area contributed by atoms with Gasteiger partial charge in [0.1, 0.15) is 0 Å². The van der Waals surface area contributed by atoms with E-state index in [1.54, 1.807) is 0 Å². The summed E-state index contributed by atoms with van der Waals surface area (Å²) in [5, 5.41) is 0. The fraction of sp³-hybridized carbons (Fsp3) is 1.00. The van der Waals surface area contributed by atoms with Gasteiger partial charge in [-0.05, 0) is 0 Å². The van der Waals surface area contributed by atoms with Gasteiger partial charge in [0.05, 0.1) is 0 Å². The van der Waals surface area contributed by atoms with Crippen LogP contribution in [0.3, 0.4) is 0 Å². The molecule has 4 nitrogen and oxygen atoms in total. The monoisotopic (exact) mass is 380 g/mol. The quantitative estimate of drug-likeness (QED) is 0.466. The van der Waals surface area contributed by atoms with Crippen molar-refractivity contribution >= 4 is 66.5 Å². The van der Waals surface area contributed by atoms with Crippen molar-refractivity contribution in [2.75, 3.05) is 49.7 Å². The predicted molar refractivity (Wildman–Crippen MR) is 83.1 cm³/mol. The summed E-state index contributed by atoms with van der Waals surface area (Å²) >= 11 is 22.4. The lowest BCUT2D eigenvalue weighted by Gasteiger charge is -2.33. The normalized spacial score (nSPS) is 11.9. The van der Waals surface area contributed by atoms with Crippen LogP contribution >= 0.6 is 66.5 Å². The zero-order valence-electron chi connectivity index (χ0n) is 9.77. The molecule has 112 valence electrons. The Morgan fingerprint density at radius 3 is 1.17 bits per heavy atom. The highest BCUT2D eigenvalue weighted by atomic mass is 35.5. The fourth-order valence-electron chi connectivity index (χ4n) is 1.31. The molecule has 0 radical (unpaired) electrons. The average Bonchev–Trinajstić information content (AvgIpc) is 2.28. The summed E-state index contributed by atoms with van der Waals surface area (Å²) in [7, 11) is -3.65. The summed E-state index contributed by atoms with van der Waals surface area (Å²) in [5.74, 6) is 1.04. The van der Waals surface area contributed by atoms with Crippen molar-refractivity contribution in [3.8, 4) is 0 Å². The summed E-state index contributed by atoms with van der Waals surface area (Å²) in [4.78, 5) is 10.1. The van der Waals surface area contributed by atoms with E-state index in [0.29, 0.717) is 26.2 Å². The first kappa shape index (κ1) is 21.9. The van der Waals surface area contributed by atoms with E-state index in [1.807, 2.05) is 0 Å². The molecule has 0 saturated heterocycles. The van der Waals surface area contributed by atoms with Crippen molar-refractivity contribution in [2.45, 2.75) is 0 Å². The van der Waals surface area contributed by atoms with Crippen molar-refractivity contribution in [3.63, 3.8) is 0 Å². The number of hydrogen-bond donors (Lipinski definition) is 1. The summed E-state index contributed by atoms with van der Waals surface area (Å²) in [5.41, 5.74) is 0. The lowest BCUT2D eigenvalue weighted by atomic mass is 10.6. The van der Waals surface area contributed by atoms with Gasteiger partial charge in [0.2, 0.25) is 0 Å². The molecule has 0 amide bonds. The van der Waals surface area contributed by atoms with Crippen LogP contribution < -0.4 is 0 Å². The van der Waals surface area contributed by atoms with E-state index in [0.717, 1.165) is 0 Å². The molecule has 0 heterocycles. The molecular formula is C8H18Cl5N2O2P. The van der Waals surface area contributed by atoms with E-state index in [9.17, 15) is 9.46 Å². The fourth-order valence-corrected chi connectivity index (χ4v) is 4.40. The first-order valence-electron chi connectivity index (χ1n) is 5.12. The lowest BCUT2D eigenvalue weighted by Crippen LogP contribution is -2.36. The molecule has 0 aromatic carbocycles. The first-order valence-corrected chi connectivity index (χ1v) is 8.82. The van der Waals surface area contributed by atoms with Crippen molar-refractivity contribution < 1.29 is 9.46 Å². The van der Waals surface area contributed by atoms with E-state index in [1.165, 1.54) is 9.34 Å². The Morgan fingerprint density at radius 2 is 1.00 bits per heavy atom. The number of hydrogen-bond acceptors (Lipinski definition) is 1. The van der Waals surface area contributed by atoms with Crippen LogP contribution in [-0.4, -0.2) is 63.9 Å². The summed E-state index contributed by atoms with van der Waals surface area (Å²) in [6.45, 7) is 1.18. The number of halogens is 5. The summed E-state index contributed by atoms with van der Waals surface area (Å²) < 4.78 is 15.1. The Morgan fingerprint density at radius 1 is 0.778 bits per heavy atom. The summed E-state index contributed by atoms with van der Waals surface area (Å²) in [6, 6.07) is 0. The minimum atomic E-state index is -3.65. The predicted octanol–water partition coefficient (Wildman–Crippen LogP) is 3.07. The number of rotatable bonds is 10. The largest absolute Gasteiger partial charge is 0.343 e. The van der Waals surface area contributed by atoms with E-state index < -0.39 is 7.67 Å². The molecule has 0 rings (SSSR count). The van der Waals surface area contributed by atoms with Crippen molar-refractivity contribution in [2.24, 2.45) is 0 Å². The van der Waals surface area contributed by atoms with Gasteiger partial charge in [-0.15, -0.1) is 58.8 Å². The minimum absolute atomic E-state index is 0. The Labute approximate surface area is 134 Å². The second-order valence-corrected chi connectivity index (χ2v) is 6.85. The third kappa shape index (κ3) is 7.37. The molecule has 18 heavy (non-hydrogen) atoms. The third-order valence-electron chi connectivity index (χ3n) is 2.11. The van der Waals surface area contributed by atoms with E-state index in [-0.39, 0.29) is 35.9 Å². The van der Waals surface area contributed by atoms with Crippen molar-refractivity contribution in [1.82, 2.24) is 9.34 Å². The van der Waals surface area contributed by atoms with Crippen LogP contribution in [0.5, 0.6) is 0 Å². The Bertz CT molecular complexity index is 218. The van der Waals surface area contributed by atoms with Crippen LogP contribution in [0.15, 0.2) is 0 Å². The molecule has 0 atom stereocenters. The highest BCUT2D eigenvalue weighted by Crippen LogP contribution is 2.48. The first-order chi connectivity index (χ1) is 8.04. The van der Waals surface area contributed by atoms with E-state index in [2.05, 4.69) is 0 Å². The number of nitrogens with zero attached hydrogens (tertiary/aromatic N) is 2. The molecule has 0 aliphatic heterocycles. The second kappa shape index (κ2) is 12.3. The van der Waals surface area contributed by atoms with Gasteiger partial charge >= 0.3 is 7.67 Å². The van der Waals surface area contributed by atoms with E-state index >= 15 is 0 Å². The second-order valence-electron chi connectivity index (χ2n) is 3.18. The van der Waals surface area contributed by atoms with Gasteiger partial charge in [-0.25, -0.2) is 9.34 Å². The maximum absolute atomic E-state index is 12.3. The molecule has 0 bridgehead atoms. The standard InChI is InChI=1S/C8H17Cl4N2O2P.ClH/c9-1-5-13(6-2-10)17(15,16)14(7-3-11)8-4-12;/h1-8H2,(H,15,16);1H. The molecule has 0 aliphatic rings. The molecule has 0 aromatic heterocycles. The van der Waals surface area contributed by atoms with Gasteiger partial charge in [0.25, 0.3) is 0 Å². The average molecular weight is 382 g/mol. The van der Waals surface area contributed by atoms with Crippen molar-refractivity contribution in [1.29, 1.82) is 0 Å². The van der Waals surface area contributed by atoms with Gasteiger partial charge in [0, 0.05) is 49.7 Å². The van der Waals surface area contributed by atoms with Gasteiger partial charge < -0.3 is 4.89 Å². The topological polar surface area (TPSA) is 43.8 Å². The Kier molecular flexibility index (Phi) is 14.9. The van der Waals surface area contributed by atoms with Crippen molar-refractivity contribution in [3.05, 3.63) is 0 Å². The minimum Gasteiger partial charge on any atom is -0.322 e. The SMILES string of the molecule is Cl.O=P(O)(N(CCCl)CCCl)N(CCCl)CCCl. The molecule has 0 aromatic rings. The molecule has 0 fully saturated rings. The van der Waals surface area contributed by atoms with Crippen LogP contribution in [0.1, 0.15) is 0 Å². The van der Waals surface area contributed by atoms with Crippen LogP contribution in [-0.2, 0) is 4.57 Å². The summed E-state index contributed by atoms with van der Waals surface area (Å²) in [6.07, 6.45) is 0. The van der Waals surface area contributed by atoms with Crippen LogP contribution in [0, 0.1) is 0 Å². The Balaban J connectivity index is 0. The molecule has 0 saturated carbocycles. The van der Waals surface area contributed by atoms with Gasteiger partial charge in [-0.3, -0.25) is 4.57 Å². The molecule has 0 aliphatic carbocycles. The third-order valence-corrected chi connectivity index (χ3v) is 5.06. The van der Waals surface area contributed by atoms with E-state index in [4.69, 9.17) is 46.4 Å². The molecule has 1 N–H and O–H groups in total. The highest BCUT2D eigenvalue weighted by Gasteiger charge is 2.33. The highest BCUT2D eigenvalue weighted by molar-refractivity contribution is 7.52. The Hall–Kier alpha value is 1.56. The maximum atomic E-state index is 12.3. The maximum Gasteiger partial charge on any atom is 0.343 e. The smallest absolute Gasteiger partial charge is 0.322 e. The van der Waals surface area contributed by atoms with Gasteiger partial charge in [-0.1, -0.05) is 0 Å². The van der Waals surface area contributed by atoms with Crippen LogP contribution in [0.4, 0.5) is 0 Å². The van der Waals surface area contributed by atoms with Gasteiger partial charge in [-0.2, -0.15) is 0 Å².